The van der Waals surface area contributed by atoms with Crippen LogP contribution in [0.5, 0.6) is 0 Å². The first-order valence-corrected chi connectivity index (χ1v) is 5.01. The van der Waals surface area contributed by atoms with Crippen molar-refractivity contribution in [2.45, 2.75) is 13.8 Å². The summed E-state index contributed by atoms with van der Waals surface area (Å²) in [5.41, 5.74) is 2.24. The van der Waals surface area contributed by atoms with E-state index in [0.717, 1.165) is 5.56 Å². The molecule has 1 aliphatic carbocycles. The molecule has 0 fully saturated rings. The molecule has 0 heterocycles. The Morgan fingerprint density at radius 3 is 2.31 bits per heavy atom. The fourth-order valence-electron chi connectivity index (χ4n) is 1.89. The van der Waals surface area contributed by atoms with E-state index in [0.29, 0.717) is 16.7 Å². The molecule has 0 aliphatic heterocycles. The van der Waals surface area contributed by atoms with Crippen molar-refractivity contribution >= 4 is 11.6 Å². The quantitative estimate of drug-likeness (QED) is 0.723. The van der Waals surface area contributed by atoms with E-state index in [-0.39, 0.29) is 17.3 Å². The monoisotopic (exact) mass is 216 g/mol. The summed E-state index contributed by atoms with van der Waals surface area (Å²) in [6.07, 6.45) is 0. The van der Waals surface area contributed by atoms with Crippen molar-refractivity contribution in [2.75, 3.05) is 7.11 Å². The van der Waals surface area contributed by atoms with Crippen LogP contribution in [0.3, 0.4) is 0 Å². The zero-order chi connectivity index (χ0) is 11.9. The van der Waals surface area contributed by atoms with Crippen molar-refractivity contribution in [3.63, 3.8) is 0 Å². The molecule has 0 spiro atoms. The van der Waals surface area contributed by atoms with Crippen LogP contribution in [0.2, 0.25) is 0 Å². The van der Waals surface area contributed by atoms with E-state index in [1.807, 2.05) is 13.0 Å². The number of ketones is 2. The molecular formula is C13H12O3. The summed E-state index contributed by atoms with van der Waals surface area (Å²) < 4.78 is 4.99. The van der Waals surface area contributed by atoms with Crippen molar-refractivity contribution in [1.29, 1.82) is 0 Å². The van der Waals surface area contributed by atoms with Crippen LogP contribution in [0.25, 0.3) is 0 Å². The Bertz CT molecular complexity index is 524. The Balaban J connectivity index is 2.69. The highest BCUT2D eigenvalue weighted by Crippen LogP contribution is 2.26. The lowest BCUT2D eigenvalue weighted by Crippen LogP contribution is -2.21. The van der Waals surface area contributed by atoms with Crippen molar-refractivity contribution in [3.8, 4) is 0 Å². The van der Waals surface area contributed by atoms with Crippen LogP contribution < -0.4 is 0 Å². The molecule has 0 atom stereocenters. The lowest BCUT2D eigenvalue weighted by molar-refractivity contribution is 0.0906. The van der Waals surface area contributed by atoms with Crippen LogP contribution in [0.1, 0.15) is 33.2 Å². The minimum atomic E-state index is -0.210. The van der Waals surface area contributed by atoms with Crippen LogP contribution in [0.15, 0.2) is 29.5 Å². The van der Waals surface area contributed by atoms with Gasteiger partial charge in [0.15, 0.2) is 11.5 Å². The predicted octanol–water partition coefficient (Wildman–Crippen LogP) is 2.29. The number of allylic oxidation sites excluding steroid dienone is 2. The number of carbonyl (C=O) groups excluding carboxylic acids is 2. The molecule has 1 aromatic rings. The van der Waals surface area contributed by atoms with Crippen LogP contribution in [-0.2, 0) is 4.74 Å². The van der Waals surface area contributed by atoms with Crippen molar-refractivity contribution < 1.29 is 14.3 Å². The van der Waals surface area contributed by atoms with Gasteiger partial charge in [0.25, 0.3) is 0 Å². The number of Topliss-reactive ketones (excluding diaryl/α,β-unsaturated/α-hetero) is 2. The number of fused-ring (bicyclic) bond motifs is 1. The van der Waals surface area contributed by atoms with Crippen LogP contribution in [-0.4, -0.2) is 18.7 Å². The molecule has 0 unspecified atom stereocenters. The van der Waals surface area contributed by atoms with E-state index >= 15 is 0 Å². The summed E-state index contributed by atoms with van der Waals surface area (Å²) in [7, 11) is 1.41. The fraction of sp³-hybridized carbons (Fsp3) is 0.231. The maximum absolute atomic E-state index is 12.0. The topological polar surface area (TPSA) is 43.4 Å². The van der Waals surface area contributed by atoms with Crippen molar-refractivity contribution in [3.05, 3.63) is 46.2 Å². The van der Waals surface area contributed by atoms with E-state index in [4.69, 9.17) is 4.74 Å². The molecule has 0 bridgehead atoms. The van der Waals surface area contributed by atoms with Crippen LogP contribution >= 0.6 is 0 Å². The first-order valence-electron chi connectivity index (χ1n) is 5.01. The van der Waals surface area contributed by atoms with Gasteiger partial charge in [-0.1, -0.05) is 17.7 Å². The van der Waals surface area contributed by atoms with E-state index < -0.39 is 0 Å². The number of rotatable bonds is 1. The molecule has 0 saturated carbocycles. The largest absolute Gasteiger partial charge is 0.492 e. The summed E-state index contributed by atoms with van der Waals surface area (Å²) in [4.78, 5) is 24.0. The first-order chi connectivity index (χ1) is 7.56. The second-order valence-corrected chi connectivity index (χ2v) is 3.87. The third-order valence-electron chi connectivity index (χ3n) is 2.76. The average molecular weight is 216 g/mol. The molecule has 0 N–H and O–H groups in total. The molecular weight excluding hydrogens is 204 g/mol. The summed E-state index contributed by atoms with van der Waals surface area (Å²) in [5.74, 6) is -0.187. The molecule has 1 aromatic carbocycles. The Morgan fingerprint density at radius 2 is 1.69 bits per heavy atom. The molecule has 2 rings (SSSR count). The van der Waals surface area contributed by atoms with Gasteiger partial charge in [0.2, 0.25) is 5.78 Å². The highest BCUT2D eigenvalue weighted by Gasteiger charge is 2.30. The minimum absolute atomic E-state index is 0.133. The number of methoxy groups -OCH3 is 1. The number of hydrogen-bond acceptors (Lipinski definition) is 3. The van der Waals surface area contributed by atoms with Gasteiger partial charge in [-0.15, -0.1) is 0 Å². The average Bonchev–Trinajstić information content (AvgIpc) is 2.27. The van der Waals surface area contributed by atoms with Gasteiger partial charge in [-0.05, 0) is 19.9 Å². The van der Waals surface area contributed by atoms with Crippen LogP contribution in [0.4, 0.5) is 0 Å². The van der Waals surface area contributed by atoms with Gasteiger partial charge in [0, 0.05) is 16.7 Å². The Morgan fingerprint density at radius 1 is 1.00 bits per heavy atom. The predicted molar refractivity (Wildman–Crippen MR) is 59.5 cm³/mol. The third-order valence-corrected chi connectivity index (χ3v) is 2.76. The molecule has 3 nitrogen and oxygen atoms in total. The van der Waals surface area contributed by atoms with E-state index in [1.165, 1.54) is 7.11 Å². The Hall–Kier alpha value is -1.90. The smallest absolute Gasteiger partial charge is 0.228 e. The van der Waals surface area contributed by atoms with Crippen molar-refractivity contribution in [1.82, 2.24) is 0 Å². The maximum Gasteiger partial charge on any atom is 0.228 e. The summed E-state index contributed by atoms with van der Waals surface area (Å²) in [5, 5.41) is 0. The van der Waals surface area contributed by atoms with Gasteiger partial charge >= 0.3 is 0 Å². The van der Waals surface area contributed by atoms with Gasteiger partial charge in [-0.25, -0.2) is 0 Å². The van der Waals surface area contributed by atoms with Gasteiger partial charge in [0.1, 0.15) is 0 Å². The zero-order valence-corrected chi connectivity index (χ0v) is 9.46. The zero-order valence-electron chi connectivity index (χ0n) is 9.46. The molecule has 82 valence electrons. The fourth-order valence-corrected chi connectivity index (χ4v) is 1.89. The highest BCUT2D eigenvalue weighted by atomic mass is 16.5. The number of ether oxygens (including phenoxy) is 1. The molecule has 0 radical (unpaired) electrons. The standard InChI is InChI=1S/C13H12O3/c1-7-4-5-9-10(6-7)12(15)13(16-3)8(2)11(9)14/h4-6H,1-3H3. The van der Waals surface area contributed by atoms with Crippen molar-refractivity contribution in [2.24, 2.45) is 0 Å². The number of benzene rings is 1. The van der Waals surface area contributed by atoms with E-state index in [1.54, 1.807) is 19.1 Å². The second-order valence-electron chi connectivity index (χ2n) is 3.87. The molecule has 16 heavy (non-hydrogen) atoms. The molecule has 0 saturated heterocycles. The molecule has 0 aromatic heterocycles. The number of aryl methyl sites for hydroxylation is 1. The van der Waals surface area contributed by atoms with Gasteiger partial charge in [0.05, 0.1) is 7.11 Å². The maximum atomic E-state index is 12.0. The molecule has 3 heteroatoms. The normalized spacial score (nSPS) is 15.2. The van der Waals surface area contributed by atoms with Gasteiger partial charge in [-0.2, -0.15) is 0 Å². The van der Waals surface area contributed by atoms with Crippen LogP contribution in [0, 0.1) is 6.92 Å². The Kier molecular flexibility index (Phi) is 2.38. The second kappa shape index (κ2) is 3.59. The van der Waals surface area contributed by atoms with Gasteiger partial charge in [-0.3, -0.25) is 9.59 Å². The minimum Gasteiger partial charge on any atom is -0.492 e. The summed E-state index contributed by atoms with van der Waals surface area (Å²) in [6.45, 7) is 3.50. The third kappa shape index (κ3) is 1.36. The molecule has 1 aliphatic rings. The highest BCUT2D eigenvalue weighted by molar-refractivity contribution is 6.25. The van der Waals surface area contributed by atoms with Gasteiger partial charge < -0.3 is 4.74 Å². The molecule has 0 amide bonds. The first kappa shape index (κ1) is 10.6. The lowest BCUT2D eigenvalue weighted by atomic mass is 9.88. The van der Waals surface area contributed by atoms with E-state index in [9.17, 15) is 9.59 Å². The summed E-state index contributed by atoms with van der Waals surface area (Å²) >= 11 is 0. The lowest BCUT2D eigenvalue weighted by Gasteiger charge is -2.18. The SMILES string of the molecule is COC1=C(C)C(=O)c2ccc(C)cc2C1=O. The summed E-state index contributed by atoms with van der Waals surface area (Å²) in [6, 6.07) is 5.25. The number of carbonyl (C=O) groups is 2. The van der Waals surface area contributed by atoms with E-state index in [2.05, 4.69) is 0 Å². The Labute approximate surface area is 93.7 Å². The number of hydrogen-bond donors (Lipinski definition) is 0.